The molecule has 124 valence electrons. The van der Waals surface area contributed by atoms with E-state index in [0.717, 1.165) is 27.8 Å². The monoisotopic (exact) mass is 325 g/mol. The van der Waals surface area contributed by atoms with Crippen molar-refractivity contribution in [2.45, 2.75) is 39.7 Å². The summed E-state index contributed by atoms with van der Waals surface area (Å²) in [4.78, 5) is 22.6. The first-order valence-electron chi connectivity index (χ1n) is 7.66. The van der Waals surface area contributed by atoms with Crippen LogP contribution in [0.15, 0.2) is 18.2 Å². The standard InChI is InChI=1S/C19H19NO4/c1-4-13-12(3)16-10-24-19(23)18(16)15(9-20)14(13)7-5-11(2)6-8-17(21)22/h4-5H,1,6-8,10H2,2-3H3,(H,21,22)/b11-5+. The van der Waals surface area contributed by atoms with Crippen molar-refractivity contribution >= 4 is 18.0 Å². The van der Waals surface area contributed by atoms with Gasteiger partial charge in [0.15, 0.2) is 0 Å². The molecule has 0 radical (unpaired) electrons. The molecule has 1 aliphatic heterocycles. The van der Waals surface area contributed by atoms with Gasteiger partial charge in [0.05, 0.1) is 11.1 Å². The molecular weight excluding hydrogens is 306 g/mol. The number of hydrogen-bond acceptors (Lipinski definition) is 4. The molecule has 0 unspecified atom stereocenters. The smallest absolute Gasteiger partial charge is 0.340 e. The van der Waals surface area contributed by atoms with E-state index in [1.807, 2.05) is 19.9 Å². The number of carboxylic acid groups (broad SMARTS) is 1. The number of carbonyl (C=O) groups excluding carboxylic acids is 1. The number of carbonyl (C=O) groups is 2. The Balaban J connectivity index is 2.48. The van der Waals surface area contributed by atoms with E-state index < -0.39 is 11.9 Å². The highest BCUT2D eigenvalue weighted by atomic mass is 16.5. The molecule has 0 saturated carbocycles. The molecule has 0 aromatic heterocycles. The number of ether oxygens (including phenoxy) is 1. The first-order chi connectivity index (χ1) is 11.4. The number of fused-ring (bicyclic) bond motifs is 1. The summed E-state index contributed by atoms with van der Waals surface area (Å²) in [6, 6.07) is 2.13. The number of carboxylic acids is 1. The quantitative estimate of drug-likeness (QED) is 0.638. The fraction of sp³-hybridized carbons (Fsp3) is 0.316. The first-order valence-corrected chi connectivity index (χ1v) is 7.66. The van der Waals surface area contributed by atoms with Crippen LogP contribution in [0.4, 0.5) is 0 Å². The van der Waals surface area contributed by atoms with Gasteiger partial charge in [-0.2, -0.15) is 5.26 Å². The second-order valence-electron chi connectivity index (χ2n) is 5.79. The Morgan fingerprint density at radius 3 is 2.75 bits per heavy atom. The first kappa shape index (κ1) is 17.5. The highest BCUT2D eigenvalue weighted by Crippen LogP contribution is 2.34. The molecule has 0 atom stereocenters. The third-order valence-electron chi connectivity index (χ3n) is 4.29. The number of hydrogen-bond donors (Lipinski definition) is 1. The molecular formula is C19H19NO4. The van der Waals surface area contributed by atoms with E-state index >= 15 is 0 Å². The fourth-order valence-electron chi connectivity index (χ4n) is 2.92. The van der Waals surface area contributed by atoms with E-state index in [-0.39, 0.29) is 13.0 Å². The van der Waals surface area contributed by atoms with Crippen LogP contribution >= 0.6 is 0 Å². The van der Waals surface area contributed by atoms with Gasteiger partial charge in [0.25, 0.3) is 0 Å². The molecule has 0 spiro atoms. The van der Waals surface area contributed by atoms with Crippen molar-refractivity contribution in [3.05, 3.63) is 51.6 Å². The van der Waals surface area contributed by atoms with Crippen molar-refractivity contribution in [3.8, 4) is 6.07 Å². The second-order valence-corrected chi connectivity index (χ2v) is 5.79. The molecule has 1 aliphatic rings. The van der Waals surface area contributed by atoms with Crippen LogP contribution in [0.5, 0.6) is 0 Å². The van der Waals surface area contributed by atoms with E-state index in [2.05, 4.69) is 12.6 Å². The maximum absolute atomic E-state index is 12.0. The molecule has 1 heterocycles. The molecule has 0 aliphatic carbocycles. The van der Waals surface area contributed by atoms with Crippen LogP contribution in [-0.4, -0.2) is 17.0 Å². The van der Waals surface area contributed by atoms with Gasteiger partial charge in [-0.15, -0.1) is 0 Å². The van der Waals surface area contributed by atoms with Gasteiger partial charge in [0.2, 0.25) is 0 Å². The van der Waals surface area contributed by atoms with Crippen molar-refractivity contribution in [1.29, 1.82) is 5.26 Å². The molecule has 1 N–H and O–H groups in total. The van der Waals surface area contributed by atoms with Gasteiger partial charge >= 0.3 is 11.9 Å². The number of esters is 1. The van der Waals surface area contributed by atoms with E-state index in [0.29, 0.717) is 24.0 Å². The van der Waals surface area contributed by atoms with Crippen molar-refractivity contribution in [2.24, 2.45) is 0 Å². The number of cyclic esters (lactones) is 1. The lowest BCUT2D eigenvalue weighted by Crippen LogP contribution is -2.06. The third-order valence-corrected chi connectivity index (χ3v) is 4.29. The summed E-state index contributed by atoms with van der Waals surface area (Å²) in [5.41, 5.74) is 4.83. The summed E-state index contributed by atoms with van der Waals surface area (Å²) in [7, 11) is 0. The van der Waals surface area contributed by atoms with E-state index in [1.165, 1.54) is 0 Å². The number of aliphatic carboxylic acids is 1. The molecule has 5 nitrogen and oxygen atoms in total. The zero-order valence-corrected chi connectivity index (χ0v) is 13.8. The number of allylic oxidation sites excluding steroid dienone is 2. The summed E-state index contributed by atoms with van der Waals surface area (Å²) in [5, 5.41) is 18.3. The number of nitriles is 1. The van der Waals surface area contributed by atoms with Crippen LogP contribution in [0.1, 0.15) is 57.9 Å². The SMILES string of the molecule is C=Cc1c(C)c2c(c(C#N)c1C/C=C(\C)CCC(=O)O)C(=O)OC2. The van der Waals surface area contributed by atoms with Crippen molar-refractivity contribution in [1.82, 2.24) is 0 Å². The lowest BCUT2D eigenvalue weighted by Gasteiger charge is -2.14. The molecule has 2 rings (SSSR count). The number of nitrogens with zero attached hydrogens (tertiary/aromatic N) is 1. The normalized spacial score (nSPS) is 13.2. The number of benzene rings is 1. The van der Waals surface area contributed by atoms with Gasteiger partial charge < -0.3 is 9.84 Å². The van der Waals surface area contributed by atoms with E-state index in [9.17, 15) is 14.9 Å². The summed E-state index contributed by atoms with van der Waals surface area (Å²) in [6.45, 7) is 7.76. The van der Waals surface area contributed by atoms with E-state index in [1.54, 1.807) is 6.08 Å². The Labute approximate surface area is 140 Å². The molecule has 0 saturated heterocycles. The van der Waals surface area contributed by atoms with Crippen molar-refractivity contribution in [3.63, 3.8) is 0 Å². The van der Waals surface area contributed by atoms with Gasteiger partial charge in [-0.25, -0.2) is 4.79 Å². The van der Waals surface area contributed by atoms with Crippen LogP contribution in [0, 0.1) is 18.3 Å². The fourth-order valence-corrected chi connectivity index (χ4v) is 2.92. The van der Waals surface area contributed by atoms with Gasteiger partial charge in [-0.3, -0.25) is 4.79 Å². The summed E-state index contributed by atoms with van der Waals surface area (Å²) in [6.07, 6.45) is 4.55. The molecule has 0 bridgehead atoms. The largest absolute Gasteiger partial charge is 0.481 e. The van der Waals surface area contributed by atoms with Crippen LogP contribution in [0.25, 0.3) is 6.08 Å². The average molecular weight is 325 g/mol. The van der Waals surface area contributed by atoms with Crippen molar-refractivity contribution in [2.75, 3.05) is 0 Å². The molecule has 1 aromatic carbocycles. The lowest BCUT2D eigenvalue weighted by molar-refractivity contribution is -0.136. The Bertz CT molecular complexity index is 797. The minimum absolute atomic E-state index is 0.0668. The topological polar surface area (TPSA) is 87.4 Å². The Hall–Kier alpha value is -2.87. The summed E-state index contributed by atoms with van der Waals surface area (Å²) < 4.78 is 5.09. The van der Waals surface area contributed by atoms with Gasteiger partial charge in [-0.1, -0.05) is 24.3 Å². The maximum atomic E-state index is 12.0. The Morgan fingerprint density at radius 2 is 2.17 bits per heavy atom. The van der Waals surface area contributed by atoms with E-state index in [4.69, 9.17) is 9.84 Å². The third kappa shape index (κ3) is 3.23. The Kier molecular flexibility index (Phi) is 5.20. The molecule has 24 heavy (non-hydrogen) atoms. The minimum atomic E-state index is -0.844. The van der Waals surface area contributed by atoms with Crippen LogP contribution in [0.2, 0.25) is 0 Å². The average Bonchev–Trinajstić information content (AvgIpc) is 2.93. The predicted octanol–water partition coefficient (Wildman–Crippen LogP) is 3.53. The minimum Gasteiger partial charge on any atom is -0.481 e. The van der Waals surface area contributed by atoms with Gasteiger partial charge in [0, 0.05) is 12.0 Å². The highest BCUT2D eigenvalue weighted by molar-refractivity contribution is 5.98. The summed E-state index contributed by atoms with van der Waals surface area (Å²) in [5.74, 6) is -1.31. The number of rotatable bonds is 6. The zero-order chi connectivity index (χ0) is 17.9. The highest BCUT2D eigenvalue weighted by Gasteiger charge is 2.30. The van der Waals surface area contributed by atoms with Crippen LogP contribution in [-0.2, 0) is 22.6 Å². The zero-order valence-electron chi connectivity index (χ0n) is 13.8. The molecule has 0 amide bonds. The van der Waals surface area contributed by atoms with Crippen molar-refractivity contribution < 1.29 is 19.4 Å². The lowest BCUT2D eigenvalue weighted by atomic mass is 9.86. The molecule has 1 aromatic rings. The van der Waals surface area contributed by atoms with Gasteiger partial charge in [-0.05, 0) is 43.4 Å². The molecule has 0 fully saturated rings. The maximum Gasteiger partial charge on any atom is 0.340 e. The summed E-state index contributed by atoms with van der Waals surface area (Å²) >= 11 is 0. The van der Waals surface area contributed by atoms with Gasteiger partial charge in [0.1, 0.15) is 12.7 Å². The Morgan fingerprint density at radius 1 is 1.46 bits per heavy atom. The van der Waals surface area contributed by atoms with Crippen LogP contribution in [0.3, 0.4) is 0 Å². The predicted molar refractivity (Wildman–Crippen MR) is 89.4 cm³/mol. The van der Waals surface area contributed by atoms with Crippen LogP contribution < -0.4 is 0 Å². The molecule has 5 heteroatoms. The second kappa shape index (κ2) is 7.14.